The third-order valence-corrected chi connectivity index (χ3v) is 4.35. The van der Waals surface area contributed by atoms with Gasteiger partial charge in [-0.05, 0) is 29.8 Å². The molecule has 0 spiro atoms. The van der Waals surface area contributed by atoms with E-state index in [0.717, 1.165) is 16.9 Å². The first-order valence-electron chi connectivity index (χ1n) is 8.26. The van der Waals surface area contributed by atoms with Crippen molar-refractivity contribution < 1.29 is 13.6 Å². The van der Waals surface area contributed by atoms with Crippen molar-refractivity contribution in [3.63, 3.8) is 0 Å². The van der Waals surface area contributed by atoms with Gasteiger partial charge in [-0.25, -0.2) is 23.2 Å². The van der Waals surface area contributed by atoms with Gasteiger partial charge in [-0.1, -0.05) is 23.6 Å². The topological polar surface area (TPSA) is 81.8 Å². The first-order valence-corrected chi connectivity index (χ1v) is 8.64. The molecule has 0 fully saturated rings. The molecule has 0 saturated heterocycles. The number of hydrogen-bond acceptors (Lipinski definition) is 4. The number of amides is 1. The van der Waals surface area contributed by atoms with Crippen LogP contribution in [0.2, 0.25) is 5.02 Å². The Labute approximate surface area is 168 Å². The van der Waals surface area contributed by atoms with E-state index in [1.54, 1.807) is 0 Å². The maximum atomic E-state index is 13.6. The summed E-state index contributed by atoms with van der Waals surface area (Å²) < 4.78 is 28.8. The Morgan fingerprint density at radius 3 is 2.72 bits per heavy atom. The predicted molar refractivity (Wildman–Crippen MR) is 102 cm³/mol. The molecule has 0 saturated carbocycles. The maximum Gasteiger partial charge on any atom is 0.346 e. The van der Waals surface area contributed by atoms with Crippen LogP contribution >= 0.6 is 11.6 Å². The van der Waals surface area contributed by atoms with Crippen molar-refractivity contribution in [1.29, 1.82) is 0 Å². The van der Waals surface area contributed by atoms with Crippen LogP contribution < -0.4 is 11.0 Å². The van der Waals surface area contributed by atoms with E-state index in [-0.39, 0.29) is 16.5 Å². The van der Waals surface area contributed by atoms with Crippen molar-refractivity contribution in [2.24, 2.45) is 7.05 Å². The normalized spacial score (nSPS) is 11.7. The summed E-state index contributed by atoms with van der Waals surface area (Å²) in [6.45, 7) is -0.428. The van der Waals surface area contributed by atoms with E-state index in [4.69, 9.17) is 18.0 Å². The number of aromatic nitrogens is 4. The molecule has 0 aliphatic rings. The van der Waals surface area contributed by atoms with Gasteiger partial charge in [0.25, 0.3) is 0 Å². The fraction of sp³-hybridized carbons (Fsp3) is 0.158. The van der Waals surface area contributed by atoms with Crippen LogP contribution in [0.25, 0.3) is 11.5 Å². The SMILES string of the molecule is C#C[C@H](NC(=O)Cn1nc(-c2ccc(F)cn2)n(C)c1=O)c1ccc(Cl)c(F)c1. The molecule has 0 aliphatic heterocycles. The molecule has 3 rings (SSSR count). The average Bonchev–Trinajstić information content (AvgIpc) is 2.97. The van der Waals surface area contributed by atoms with Gasteiger partial charge in [-0.3, -0.25) is 9.36 Å². The van der Waals surface area contributed by atoms with Crippen LogP contribution in [0, 0.1) is 24.0 Å². The molecule has 0 radical (unpaired) electrons. The summed E-state index contributed by atoms with van der Waals surface area (Å²) in [5, 5.41) is 6.52. The standard InChI is InChI=1S/C19H14ClF2N5O2/c1-3-15(11-4-6-13(20)14(22)8-11)24-17(28)10-27-19(29)26(2)18(25-27)16-7-5-12(21)9-23-16/h1,4-9,15H,10H2,2H3,(H,24,28)/t15-/m0/s1. The molecule has 0 bridgehead atoms. The fourth-order valence-electron chi connectivity index (χ4n) is 2.58. The molecule has 0 aliphatic carbocycles. The quantitative estimate of drug-likeness (QED) is 0.644. The lowest BCUT2D eigenvalue weighted by Crippen LogP contribution is -2.35. The van der Waals surface area contributed by atoms with Crippen LogP contribution in [0.5, 0.6) is 0 Å². The highest BCUT2D eigenvalue weighted by Crippen LogP contribution is 2.20. The smallest absolute Gasteiger partial charge is 0.337 e. The van der Waals surface area contributed by atoms with Gasteiger partial charge >= 0.3 is 5.69 Å². The first kappa shape index (κ1) is 20.2. The number of nitrogens with zero attached hydrogens (tertiary/aromatic N) is 4. The van der Waals surface area contributed by atoms with E-state index >= 15 is 0 Å². The maximum absolute atomic E-state index is 13.6. The summed E-state index contributed by atoms with van der Waals surface area (Å²) >= 11 is 5.65. The van der Waals surface area contributed by atoms with Crippen molar-refractivity contribution >= 4 is 17.5 Å². The Kier molecular flexibility index (Phi) is 5.75. The minimum absolute atomic E-state index is 0.0715. The van der Waals surface area contributed by atoms with Gasteiger partial charge in [0.05, 0.1) is 11.2 Å². The number of pyridine rings is 1. The van der Waals surface area contributed by atoms with Crippen LogP contribution in [-0.4, -0.2) is 25.2 Å². The second-order valence-corrected chi connectivity index (χ2v) is 6.43. The van der Waals surface area contributed by atoms with Crippen molar-refractivity contribution in [2.45, 2.75) is 12.6 Å². The molecule has 1 aromatic carbocycles. The van der Waals surface area contributed by atoms with Crippen molar-refractivity contribution in [1.82, 2.24) is 24.6 Å². The Morgan fingerprint density at radius 1 is 1.34 bits per heavy atom. The molecule has 2 aromatic heterocycles. The van der Waals surface area contributed by atoms with E-state index < -0.39 is 35.8 Å². The minimum atomic E-state index is -0.924. The van der Waals surface area contributed by atoms with Crippen LogP contribution in [-0.2, 0) is 18.4 Å². The van der Waals surface area contributed by atoms with E-state index in [1.807, 2.05) is 0 Å². The number of halogens is 3. The summed E-state index contributed by atoms with van der Waals surface area (Å²) in [5.41, 5.74) is 0.0201. The number of rotatable bonds is 5. The fourth-order valence-corrected chi connectivity index (χ4v) is 2.70. The van der Waals surface area contributed by atoms with Gasteiger partial charge < -0.3 is 5.32 Å². The van der Waals surface area contributed by atoms with E-state index in [9.17, 15) is 18.4 Å². The molecule has 10 heteroatoms. The van der Waals surface area contributed by atoms with Gasteiger partial charge in [-0.2, -0.15) is 0 Å². The first-order chi connectivity index (χ1) is 13.8. The van der Waals surface area contributed by atoms with Crippen LogP contribution in [0.15, 0.2) is 41.3 Å². The van der Waals surface area contributed by atoms with E-state index in [1.165, 1.54) is 35.9 Å². The lowest BCUT2D eigenvalue weighted by Gasteiger charge is -2.13. The molecule has 1 N–H and O–H groups in total. The van der Waals surface area contributed by atoms with Crippen molar-refractivity contribution in [3.05, 3.63) is 69.2 Å². The highest BCUT2D eigenvalue weighted by atomic mass is 35.5. The van der Waals surface area contributed by atoms with Gasteiger partial charge in [0, 0.05) is 7.05 Å². The predicted octanol–water partition coefficient (Wildman–Crippen LogP) is 2.07. The zero-order valence-electron chi connectivity index (χ0n) is 15.1. The number of carbonyl (C=O) groups is 1. The summed E-state index contributed by atoms with van der Waals surface area (Å²) in [6.07, 6.45) is 6.43. The lowest BCUT2D eigenvalue weighted by atomic mass is 10.1. The highest BCUT2D eigenvalue weighted by Gasteiger charge is 2.18. The average molecular weight is 418 g/mol. The Bertz CT molecular complexity index is 1160. The van der Waals surface area contributed by atoms with Crippen LogP contribution in [0.4, 0.5) is 8.78 Å². The minimum Gasteiger partial charge on any atom is -0.337 e. The number of nitrogens with one attached hydrogen (secondary N) is 1. The number of carbonyl (C=O) groups excluding carboxylic acids is 1. The Balaban J connectivity index is 1.79. The number of benzene rings is 1. The molecule has 0 unspecified atom stereocenters. The summed E-state index contributed by atoms with van der Waals surface area (Å²) in [7, 11) is 1.45. The highest BCUT2D eigenvalue weighted by molar-refractivity contribution is 6.30. The second-order valence-electron chi connectivity index (χ2n) is 6.03. The van der Waals surface area contributed by atoms with Crippen LogP contribution in [0.3, 0.4) is 0 Å². The zero-order chi connectivity index (χ0) is 21.1. The monoisotopic (exact) mass is 417 g/mol. The van der Waals surface area contributed by atoms with E-state index in [2.05, 4.69) is 21.3 Å². The molecular formula is C19H14ClF2N5O2. The lowest BCUT2D eigenvalue weighted by molar-refractivity contribution is -0.122. The molecule has 2 heterocycles. The third-order valence-electron chi connectivity index (χ3n) is 4.04. The third kappa shape index (κ3) is 4.33. The number of terminal acetylenes is 1. The second kappa shape index (κ2) is 8.24. The molecule has 7 nitrogen and oxygen atoms in total. The molecule has 1 atom stereocenters. The molecule has 29 heavy (non-hydrogen) atoms. The van der Waals surface area contributed by atoms with Crippen LogP contribution in [0.1, 0.15) is 11.6 Å². The van der Waals surface area contributed by atoms with Gasteiger partial charge in [0.2, 0.25) is 5.91 Å². The Hall–Kier alpha value is -3.51. The molecular weight excluding hydrogens is 404 g/mol. The summed E-state index contributed by atoms with van der Waals surface area (Å²) in [5.74, 6) is 0.696. The molecule has 3 aromatic rings. The Morgan fingerprint density at radius 2 is 2.10 bits per heavy atom. The number of hydrogen-bond donors (Lipinski definition) is 1. The largest absolute Gasteiger partial charge is 0.346 e. The van der Waals surface area contributed by atoms with Gasteiger partial charge in [0.15, 0.2) is 5.82 Å². The molecule has 148 valence electrons. The van der Waals surface area contributed by atoms with E-state index in [0.29, 0.717) is 5.56 Å². The zero-order valence-corrected chi connectivity index (χ0v) is 15.8. The molecule has 1 amide bonds. The van der Waals surface area contributed by atoms with Crippen molar-refractivity contribution in [2.75, 3.05) is 0 Å². The summed E-state index contributed by atoms with van der Waals surface area (Å²) in [4.78, 5) is 28.6. The van der Waals surface area contributed by atoms with Gasteiger partial charge in [-0.15, -0.1) is 11.5 Å². The summed E-state index contributed by atoms with van der Waals surface area (Å²) in [6, 6.07) is 5.56. The van der Waals surface area contributed by atoms with Crippen molar-refractivity contribution in [3.8, 4) is 23.9 Å². The van der Waals surface area contributed by atoms with Gasteiger partial charge in [0.1, 0.15) is 29.9 Å².